The van der Waals surface area contributed by atoms with E-state index in [4.69, 9.17) is 11.2 Å². The van der Waals surface area contributed by atoms with E-state index in [1.54, 1.807) is 7.11 Å². The Kier molecular flexibility index (Phi) is 3.85. The molecule has 1 aromatic carbocycles. The van der Waals surface area contributed by atoms with E-state index in [1.165, 1.54) is 0 Å². The molecule has 68 valence electrons. The highest BCUT2D eigenvalue weighted by Gasteiger charge is 2.01. The highest BCUT2D eigenvalue weighted by Crippen LogP contribution is 2.23. The third kappa shape index (κ3) is 2.78. The van der Waals surface area contributed by atoms with Crippen LogP contribution < -0.4 is 4.74 Å². The van der Waals surface area contributed by atoms with Crippen molar-refractivity contribution in [1.29, 1.82) is 0 Å². The zero-order valence-electron chi connectivity index (χ0n) is 7.51. The molecular formula is C11H11BrO. The van der Waals surface area contributed by atoms with Crippen molar-refractivity contribution < 1.29 is 4.74 Å². The maximum absolute atomic E-state index is 5.21. The third-order valence-electron chi connectivity index (χ3n) is 1.78. The van der Waals surface area contributed by atoms with Crippen LogP contribution in [0.4, 0.5) is 0 Å². The molecule has 0 heterocycles. The summed E-state index contributed by atoms with van der Waals surface area (Å²) in [5, 5.41) is 0. The molecule has 0 atom stereocenters. The molecule has 0 aliphatic heterocycles. The second-order valence-corrected chi connectivity index (χ2v) is 3.58. The molecular weight excluding hydrogens is 228 g/mol. The summed E-state index contributed by atoms with van der Waals surface area (Å²) >= 11 is 3.41. The Morgan fingerprint density at radius 3 is 2.92 bits per heavy atom. The fourth-order valence-corrected chi connectivity index (χ4v) is 1.56. The van der Waals surface area contributed by atoms with Crippen LogP contribution in [0.2, 0.25) is 0 Å². The van der Waals surface area contributed by atoms with E-state index in [-0.39, 0.29) is 0 Å². The first-order chi connectivity index (χ1) is 6.27. The van der Waals surface area contributed by atoms with Crippen molar-refractivity contribution in [2.24, 2.45) is 0 Å². The summed E-state index contributed by atoms with van der Waals surface area (Å²) in [4.78, 5) is 0. The summed E-state index contributed by atoms with van der Waals surface area (Å²) in [5.41, 5.74) is 1.15. The maximum atomic E-state index is 5.21. The highest BCUT2D eigenvalue weighted by atomic mass is 79.9. The Hall–Kier alpha value is -0.940. The second-order valence-electron chi connectivity index (χ2n) is 2.66. The first-order valence-electron chi connectivity index (χ1n) is 4.04. The van der Waals surface area contributed by atoms with Crippen LogP contribution >= 0.6 is 15.9 Å². The van der Waals surface area contributed by atoms with Crippen molar-refractivity contribution in [3.63, 3.8) is 0 Å². The van der Waals surface area contributed by atoms with E-state index in [0.29, 0.717) is 0 Å². The van der Waals surface area contributed by atoms with Crippen molar-refractivity contribution in [3.05, 3.63) is 28.2 Å². The summed E-state index contributed by atoms with van der Waals surface area (Å²) in [5.74, 6) is 3.52. The molecule has 0 unspecified atom stereocenters. The number of halogens is 1. The Labute approximate surface area is 87.2 Å². The van der Waals surface area contributed by atoms with Gasteiger partial charge in [0.15, 0.2) is 0 Å². The molecule has 1 nitrogen and oxygen atoms in total. The molecule has 1 rings (SSSR count). The number of hydrogen-bond acceptors (Lipinski definition) is 1. The van der Waals surface area contributed by atoms with Crippen LogP contribution in [0.5, 0.6) is 5.75 Å². The van der Waals surface area contributed by atoms with Crippen LogP contribution in [0, 0.1) is 12.3 Å². The monoisotopic (exact) mass is 238 g/mol. The van der Waals surface area contributed by atoms with Gasteiger partial charge in [0.1, 0.15) is 5.75 Å². The summed E-state index contributed by atoms with van der Waals surface area (Å²) in [6.45, 7) is 0. The van der Waals surface area contributed by atoms with Crippen LogP contribution in [-0.4, -0.2) is 7.11 Å². The van der Waals surface area contributed by atoms with Gasteiger partial charge >= 0.3 is 0 Å². The lowest BCUT2D eigenvalue weighted by molar-refractivity contribution is 0.409. The van der Waals surface area contributed by atoms with Crippen molar-refractivity contribution in [3.8, 4) is 18.1 Å². The van der Waals surface area contributed by atoms with Gasteiger partial charge < -0.3 is 4.74 Å². The number of aryl methyl sites for hydroxylation is 1. The molecule has 0 aliphatic rings. The van der Waals surface area contributed by atoms with E-state index in [2.05, 4.69) is 21.9 Å². The second kappa shape index (κ2) is 4.94. The Bertz CT molecular complexity index is 325. The van der Waals surface area contributed by atoms with E-state index < -0.39 is 0 Å². The zero-order valence-corrected chi connectivity index (χ0v) is 9.10. The number of ether oxygens (including phenoxy) is 1. The SMILES string of the molecule is C#CCCc1cc(Br)ccc1OC. The molecule has 0 saturated carbocycles. The Morgan fingerprint density at radius 1 is 1.54 bits per heavy atom. The minimum Gasteiger partial charge on any atom is -0.496 e. The van der Waals surface area contributed by atoms with Crippen molar-refractivity contribution in [1.82, 2.24) is 0 Å². The van der Waals surface area contributed by atoms with Gasteiger partial charge in [0.2, 0.25) is 0 Å². The number of rotatable bonds is 3. The van der Waals surface area contributed by atoms with Gasteiger partial charge in [-0.3, -0.25) is 0 Å². The molecule has 0 amide bonds. The minimum atomic E-state index is 0.743. The molecule has 0 N–H and O–H groups in total. The van der Waals surface area contributed by atoms with Gasteiger partial charge in [-0.1, -0.05) is 15.9 Å². The Balaban J connectivity index is 2.89. The molecule has 0 aromatic heterocycles. The van der Waals surface area contributed by atoms with Gasteiger partial charge in [-0.2, -0.15) is 0 Å². The summed E-state index contributed by atoms with van der Waals surface area (Å²) in [6.07, 6.45) is 6.81. The molecule has 2 heteroatoms. The molecule has 0 radical (unpaired) electrons. The molecule has 0 spiro atoms. The van der Waals surface area contributed by atoms with Gasteiger partial charge in [0, 0.05) is 10.9 Å². The third-order valence-corrected chi connectivity index (χ3v) is 2.27. The highest BCUT2D eigenvalue weighted by molar-refractivity contribution is 9.10. The van der Waals surface area contributed by atoms with Gasteiger partial charge in [-0.05, 0) is 30.2 Å². The fraction of sp³-hybridized carbons (Fsp3) is 0.273. The van der Waals surface area contributed by atoms with Gasteiger partial charge in [0.25, 0.3) is 0 Å². The lowest BCUT2D eigenvalue weighted by atomic mass is 10.1. The maximum Gasteiger partial charge on any atom is 0.122 e. The molecule has 0 bridgehead atoms. The first kappa shape index (κ1) is 10.1. The van der Waals surface area contributed by atoms with Crippen molar-refractivity contribution in [2.75, 3.05) is 7.11 Å². The predicted molar refractivity (Wildman–Crippen MR) is 57.8 cm³/mol. The minimum absolute atomic E-state index is 0.743. The standard InChI is InChI=1S/C11H11BrO/c1-3-4-5-9-8-10(12)6-7-11(9)13-2/h1,6-8H,4-5H2,2H3. The van der Waals surface area contributed by atoms with E-state index in [9.17, 15) is 0 Å². The summed E-state index contributed by atoms with van der Waals surface area (Å²) in [7, 11) is 1.67. The lowest BCUT2D eigenvalue weighted by Crippen LogP contribution is -1.91. The number of terminal acetylenes is 1. The van der Waals surface area contributed by atoms with Gasteiger partial charge in [0.05, 0.1) is 7.11 Å². The number of benzene rings is 1. The van der Waals surface area contributed by atoms with Crippen LogP contribution in [0.15, 0.2) is 22.7 Å². The van der Waals surface area contributed by atoms with E-state index >= 15 is 0 Å². The van der Waals surface area contributed by atoms with Crippen LogP contribution in [0.1, 0.15) is 12.0 Å². The fourth-order valence-electron chi connectivity index (χ4n) is 1.15. The quantitative estimate of drug-likeness (QED) is 0.736. The van der Waals surface area contributed by atoms with Crippen LogP contribution in [0.3, 0.4) is 0 Å². The van der Waals surface area contributed by atoms with E-state index in [1.807, 2.05) is 18.2 Å². The van der Waals surface area contributed by atoms with Crippen molar-refractivity contribution in [2.45, 2.75) is 12.8 Å². The molecule has 0 saturated heterocycles. The van der Waals surface area contributed by atoms with Crippen LogP contribution in [0.25, 0.3) is 0 Å². The van der Waals surface area contributed by atoms with Crippen molar-refractivity contribution >= 4 is 15.9 Å². The van der Waals surface area contributed by atoms with Crippen LogP contribution in [-0.2, 0) is 6.42 Å². The largest absolute Gasteiger partial charge is 0.496 e. The lowest BCUT2D eigenvalue weighted by Gasteiger charge is -2.06. The first-order valence-corrected chi connectivity index (χ1v) is 4.83. The number of methoxy groups -OCH3 is 1. The van der Waals surface area contributed by atoms with E-state index in [0.717, 1.165) is 28.6 Å². The average molecular weight is 239 g/mol. The topological polar surface area (TPSA) is 9.23 Å². The molecule has 0 fully saturated rings. The summed E-state index contributed by atoms with van der Waals surface area (Å²) < 4.78 is 6.26. The Morgan fingerprint density at radius 2 is 2.31 bits per heavy atom. The molecule has 1 aromatic rings. The normalized spacial score (nSPS) is 9.31. The summed E-state index contributed by atoms with van der Waals surface area (Å²) in [6, 6.07) is 5.93. The zero-order chi connectivity index (χ0) is 9.68. The average Bonchev–Trinajstić information content (AvgIpc) is 2.15. The smallest absolute Gasteiger partial charge is 0.122 e. The van der Waals surface area contributed by atoms with Gasteiger partial charge in [-0.15, -0.1) is 12.3 Å². The molecule has 0 aliphatic carbocycles. The predicted octanol–water partition coefficient (Wildman–Crippen LogP) is 3.02. The van der Waals surface area contributed by atoms with Gasteiger partial charge in [-0.25, -0.2) is 0 Å². The molecule has 13 heavy (non-hydrogen) atoms. The number of hydrogen-bond donors (Lipinski definition) is 0.